The van der Waals surface area contributed by atoms with Gasteiger partial charge in [-0.2, -0.15) is 5.10 Å². The fraction of sp³-hybridized carbons (Fsp3) is 0.190. The van der Waals surface area contributed by atoms with E-state index >= 15 is 0 Å². The molecule has 144 valence electrons. The number of H-pyrrole nitrogens is 1. The highest BCUT2D eigenvalue weighted by molar-refractivity contribution is 5.87. The average Bonchev–Trinajstić information content (AvgIpc) is 3.07. The van der Waals surface area contributed by atoms with Crippen LogP contribution in [0.15, 0.2) is 54.6 Å². The van der Waals surface area contributed by atoms with E-state index in [-0.39, 0.29) is 6.42 Å². The van der Waals surface area contributed by atoms with Crippen LogP contribution in [0.3, 0.4) is 0 Å². The molecule has 3 N–H and O–H groups in total. The molecule has 0 fully saturated rings. The first kappa shape index (κ1) is 19.2. The Kier molecular flexibility index (Phi) is 5.74. The first-order valence-corrected chi connectivity index (χ1v) is 8.75. The van der Waals surface area contributed by atoms with Crippen molar-refractivity contribution < 1.29 is 19.4 Å². The molecule has 0 aliphatic rings. The lowest BCUT2D eigenvalue weighted by molar-refractivity contribution is -0.141. The minimum atomic E-state index is -1.11. The SMILES string of the molecule is COc1ccc(-c2n[nH]c(C)c2CC(=O)N[C@H](C(=O)O)c2ccccc2)cc1. The van der Waals surface area contributed by atoms with Crippen LogP contribution in [0.5, 0.6) is 5.75 Å². The van der Waals surface area contributed by atoms with Crippen molar-refractivity contribution in [2.24, 2.45) is 0 Å². The van der Waals surface area contributed by atoms with Crippen LogP contribution in [0, 0.1) is 6.92 Å². The third kappa shape index (κ3) is 4.20. The van der Waals surface area contributed by atoms with Gasteiger partial charge in [-0.25, -0.2) is 4.79 Å². The van der Waals surface area contributed by atoms with Crippen LogP contribution in [0.2, 0.25) is 0 Å². The van der Waals surface area contributed by atoms with Gasteiger partial charge in [0.2, 0.25) is 5.91 Å². The maximum Gasteiger partial charge on any atom is 0.330 e. The van der Waals surface area contributed by atoms with E-state index in [4.69, 9.17) is 4.74 Å². The molecule has 0 spiro atoms. The number of carboxylic acid groups (broad SMARTS) is 1. The number of carbonyl (C=O) groups is 2. The summed E-state index contributed by atoms with van der Waals surface area (Å²) in [7, 11) is 1.59. The van der Waals surface area contributed by atoms with Gasteiger partial charge in [-0.1, -0.05) is 30.3 Å². The minimum absolute atomic E-state index is 0.0142. The fourth-order valence-electron chi connectivity index (χ4n) is 2.96. The summed E-state index contributed by atoms with van der Waals surface area (Å²) in [6, 6.07) is 14.9. The van der Waals surface area contributed by atoms with Crippen LogP contribution in [-0.2, 0) is 16.0 Å². The number of aromatic nitrogens is 2. The Morgan fingerprint density at radius 3 is 2.43 bits per heavy atom. The molecular formula is C21H21N3O4. The second-order valence-corrected chi connectivity index (χ2v) is 6.33. The number of aryl methyl sites for hydroxylation is 1. The highest BCUT2D eigenvalue weighted by atomic mass is 16.5. The number of ether oxygens (including phenoxy) is 1. The Morgan fingerprint density at radius 2 is 1.82 bits per heavy atom. The van der Waals surface area contributed by atoms with Crippen LogP contribution in [0.1, 0.15) is 22.9 Å². The van der Waals surface area contributed by atoms with E-state index in [1.165, 1.54) is 0 Å². The van der Waals surface area contributed by atoms with Crippen LogP contribution in [0.4, 0.5) is 0 Å². The van der Waals surface area contributed by atoms with Crippen molar-refractivity contribution in [2.75, 3.05) is 7.11 Å². The maximum atomic E-state index is 12.6. The molecule has 0 aliphatic heterocycles. The number of carbonyl (C=O) groups excluding carboxylic acids is 1. The van der Waals surface area contributed by atoms with Crippen molar-refractivity contribution in [1.29, 1.82) is 0 Å². The molecule has 3 aromatic rings. The number of amides is 1. The van der Waals surface area contributed by atoms with Crippen molar-refractivity contribution in [1.82, 2.24) is 15.5 Å². The molecule has 1 amide bonds. The van der Waals surface area contributed by atoms with Gasteiger partial charge < -0.3 is 15.2 Å². The quantitative estimate of drug-likeness (QED) is 0.586. The molecule has 7 nitrogen and oxygen atoms in total. The van der Waals surface area contributed by atoms with Crippen molar-refractivity contribution in [3.05, 3.63) is 71.4 Å². The number of hydrogen-bond acceptors (Lipinski definition) is 4. The second-order valence-electron chi connectivity index (χ2n) is 6.33. The maximum absolute atomic E-state index is 12.6. The molecule has 1 heterocycles. The van der Waals surface area contributed by atoms with Gasteiger partial charge in [0.15, 0.2) is 6.04 Å². The molecule has 0 radical (unpaired) electrons. The van der Waals surface area contributed by atoms with Gasteiger partial charge in [0.25, 0.3) is 0 Å². The number of aromatic amines is 1. The molecule has 7 heteroatoms. The average molecular weight is 379 g/mol. The number of aliphatic carboxylic acids is 1. The fourth-order valence-corrected chi connectivity index (χ4v) is 2.96. The Hall–Kier alpha value is -3.61. The van der Waals surface area contributed by atoms with E-state index < -0.39 is 17.9 Å². The predicted molar refractivity (Wildman–Crippen MR) is 104 cm³/mol. The zero-order chi connectivity index (χ0) is 20.1. The number of methoxy groups -OCH3 is 1. The summed E-state index contributed by atoms with van der Waals surface area (Å²) in [5.74, 6) is -0.781. The summed E-state index contributed by atoms with van der Waals surface area (Å²) in [5, 5.41) is 19.3. The summed E-state index contributed by atoms with van der Waals surface area (Å²) >= 11 is 0. The van der Waals surface area contributed by atoms with Crippen molar-refractivity contribution in [3.8, 4) is 17.0 Å². The lowest BCUT2D eigenvalue weighted by atomic mass is 10.0. The van der Waals surface area contributed by atoms with Gasteiger partial charge in [0.05, 0.1) is 19.2 Å². The molecule has 0 aliphatic carbocycles. The first-order valence-electron chi connectivity index (χ1n) is 8.75. The first-order chi connectivity index (χ1) is 13.5. The monoisotopic (exact) mass is 379 g/mol. The number of benzene rings is 2. The van der Waals surface area contributed by atoms with Gasteiger partial charge in [-0.15, -0.1) is 0 Å². The Labute approximate surface area is 162 Å². The van der Waals surface area contributed by atoms with Crippen LogP contribution < -0.4 is 10.1 Å². The molecule has 0 bridgehead atoms. The second kappa shape index (κ2) is 8.39. The number of rotatable bonds is 7. The number of nitrogens with one attached hydrogen (secondary N) is 2. The van der Waals surface area contributed by atoms with E-state index in [1.807, 2.05) is 31.2 Å². The molecule has 0 saturated carbocycles. The molecule has 1 aromatic heterocycles. The van der Waals surface area contributed by atoms with Crippen molar-refractivity contribution >= 4 is 11.9 Å². The summed E-state index contributed by atoms with van der Waals surface area (Å²) in [5.41, 5.74) is 3.49. The third-order valence-corrected chi connectivity index (χ3v) is 4.46. The zero-order valence-electron chi connectivity index (χ0n) is 15.6. The molecule has 0 saturated heterocycles. The highest BCUT2D eigenvalue weighted by Crippen LogP contribution is 2.26. The van der Waals surface area contributed by atoms with Crippen LogP contribution >= 0.6 is 0 Å². The molecule has 0 unspecified atom stereocenters. The highest BCUT2D eigenvalue weighted by Gasteiger charge is 2.23. The van der Waals surface area contributed by atoms with Crippen LogP contribution in [-0.4, -0.2) is 34.3 Å². The minimum Gasteiger partial charge on any atom is -0.497 e. The van der Waals surface area contributed by atoms with Gasteiger partial charge in [-0.3, -0.25) is 9.89 Å². The number of carboxylic acids is 1. The van der Waals surface area contributed by atoms with E-state index in [0.29, 0.717) is 11.3 Å². The lowest BCUT2D eigenvalue weighted by Crippen LogP contribution is -2.34. The molecule has 1 atom stereocenters. The normalized spacial score (nSPS) is 11.6. The summed E-state index contributed by atoms with van der Waals surface area (Å²) < 4.78 is 5.17. The predicted octanol–water partition coefficient (Wildman–Crippen LogP) is 2.88. The number of hydrogen-bond donors (Lipinski definition) is 3. The van der Waals surface area contributed by atoms with Gasteiger partial charge >= 0.3 is 5.97 Å². The molecule has 3 rings (SSSR count). The smallest absolute Gasteiger partial charge is 0.330 e. The van der Waals surface area contributed by atoms with E-state index in [0.717, 1.165) is 22.6 Å². The Balaban J connectivity index is 1.80. The summed E-state index contributed by atoms with van der Waals surface area (Å²) in [4.78, 5) is 24.2. The lowest BCUT2D eigenvalue weighted by Gasteiger charge is -2.15. The van der Waals surface area contributed by atoms with Crippen molar-refractivity contribution in [2.45, 2.75) is 19.4 Å². The van der Waals surface area contributed by atoms with Gasteiger partial charge in [0, 0.05) is 16.8 Å². The third-order valence-electron chi connectivity index (χ3n) is 4.46. The van der Waals surface area contributed by atoms with E-state index in [2.05, 4.69) is 15.5 Å². The largest absolute Gasteiger partial charge is 0.497 e. The van der Waals surface area contributed by atoms with Gasteiger partial charge in [0.1, 0.15) is 5.75 Å². The Bertz CT molecular complexity index is 965. The summed E-state index contributed by atoms with van der Waals surface area (Å²) in [6.07, 6.45) is 0.0142. The molecular weight excluding hydrogens is 358 g/mol. The zero-order valence-corrected chi connectivity index (χ0v) is 15.6. The van der Waals surface area contributed by atoms with Crippen LogP contribution in [0.25, 0.3) is 11.3 Å². The van der Waals surface area contributed by atoms with Gasteiger partial charge in [-0.05, 0) is 36.8 Å². The van der Waals surface area contributed by atoms with Crippen molar-refractivity contribution in [3.63, 3.8) is 0 Å². The number of nitrogens with zero attached hydrogens (tertiary/aromatic N) is 1. The molecule has 2 aromatic carbocycles. The van der Waals surface area contributed by atoms with E-state index in [9.17, 15) is 14.7 Å². The van der Waals surface area contributed by atoms with E-state index in [1.54, 1.807) is 37.4 Å². The topological polar surface area (TPSA) is 104 Å². The Morgan fingerprint density at radius 1 is 1.14 bits per heavy atom. The summed E-state index contributed by atoms with van der Waals surface area (Å²) in [6.45, 7) is 1.83. The standard InChI is InChI=1S/C21H21N3O4/c1-13-17(19(24-23-13)15-8-10-16(28-2)11-9-15)12-18(25)22-20(21(26)27)14-6-4-3-5-7-14/h3-11,20H,12H2,1-2H3,(H,22,25)(H,23,24)(H,26,27)/t20-/m0/s1. The molecule has 28 heavy (non-hydrogen) atoms.